The number of methoxy groups -OCH3 is 1. The number of allylic oxidation sites excluding steroid dienone is 1. The molecule has 28 heavy (non-hydrogen) atoms. The highest BCUT2D eigenvalue weighted by molar-refractivity contribution is 5.82. The zero-order chi connectivity index (χ0) is 20.7. The summed E-state index contributed by atoms with van der Waals surface area (Å²) in [7, 11) is 3.21. The summed E-state index contributed by atoms with van der Waals surface area (Å²) < 4.78 is 10.2. The molecule has 6 nitrogen and oxygen atoms in total. The quantitative estimate of drug-likeness (QED) is 0.479. The van der Waals surface area contributed by atoms with Crippen LogP contribution in [0.4, 0.5) is 0 Å². The summed E-state index contributed by atoms with van der Waals surface area (Å²) in [4.78, 5) is 29.4. The van der Waals surface area contributed by atoms with Crippen LogP contribution in [0.2, 0.25) is 0 Å². The fourth-order valence-corrected chi connectivity index (χ4v) is 4.77. The van der Waals surface area contributed by atoms with Crippen LogP contribution in [0.5, 0.6) is 0 Å². The van der Waals surface area contributed by atoms with Crippen LogP contribution in [0.1, 0.15) is 72.1 Å². The van der Waals surface area contributed by atoms with Gasteiger partial charge in [-0.05, 0) is 71.1 Å². The first-order chi connectivity index (χ1) is 13.2. The van der Waals surface area contributed by atoms with Crippen LogP contribution in [-0.4, -0.2) is 48.9 Å². The summed E-state index contributed by atoms with van der Waals surface area (Å²) in [5, 5.41) is 2.17. The molecule has 4 atom stereocenters. The predicted molar refractivity (Wildman–Crippen MR) is 107 cm³/mol. The Morgan fingerprint density at radius 2 is 1.86 bits per heavy atom. The predicted octanol–water partition coefficient (Wildman–Crippen LogP) is 4.04. The SMILES string of the molecule is COC(=O)CC1CCCC2C1CCC(CC/C=C/C(=O)OC(C)(C)C)N2OC. The van der Waals surface area contributed by atoms with Crippen LogP contribution in [0.15, 0.2) is 12.2 Å². The number of carbonyl (C=O) groups is 2. The number of fused-ring (bicyclic) bond motifs is 1. The van der Waals surface area contributed by atoms with Crippen LogP contribution in [-0.2, 0) is 23.9 Å². The third-order valence-corrected chi connectivity index (χ3v) is 5.89. The van der Waals surface area contributed by atoms with E-state index >= 15 is 0 Å². The molecule has 0 amide bonds. The Bertz CT molecular complexity index is 554. The highest BCUT2D eigenvalue weighted by Crippen LogP contribution is 2.43. The monoisotopic (exact) mass is 395 g/mol. The number of esters is 2. The molecule has 4 unspecified atom stereocenters. The number of hydrogen-bond acceptors (Lipinski definition) is 6. The lowest BCUT2D eigenvalue weighted by Gasteiger charge is -2.49. The van der Waals surface area contributed by atoms with Crippen LogP contribution in [0.3, 0.4) is 0 Å². The third kappa shape index (κ3) is 6.59. The van der Waals surface area contributed by atoms with E-state index in [1.165, 1.54) is 13.2 Å². The van der Waals surface area contributed by atoms with Gasteiger partial charge in [-0.3, -0.25) is 4.79 Å². The van der Waals surface area contributed by atoms with E-state index in [1.54, 1.807) is 7.11 Å². The first kappa shape index (κ1) is 22.9. The number of rotatable bonds is 7. The van der Waals surface area contributed by atoms with Crippen LogP contribution in [0, 0.1) is 11.8 Å². The molecule has 6 heteroatoms. The second kappa shape index (κ2) is 10.4. The summed E-state index contributed by atoms with van der Waals surface area (Å²) in [6.07, 6.45) is 11.2. The van der Waals surface area contributed by atoms with Gasteiger partial charge in [0.25, 0.3) is 0 Å². The molecule has 2 fully saturated rings. The van der Waals surface area contributed by atoms with Gasteiger partial charge in [0.1, 0.15) is 5.60 Å². The average Bonchev–Trinajstić information content (AvgIpc) is 2.63. The first-order valence-corrected chi connectivity index (χ1v) is 10.5. The first-order valence-electron chi connectivity index (χ1n) is 10.5. The second-order valence-corrected chi connectivity index (χ2v) is 8.99. The van der Waals surface area contributed by atoms with E-state index in [0.717, 1.165) is 44.9 Å². The minimum atomic E-state index is -0.464. The van der Waals surface area contributed by atoms with E-state index in [0.29, 0.717) is 30.3 Å². The summed E-state index contributed by atoms with van der Waals surface area (Å²) in [5.41, 5.74) is -0.464. The fraction of sp³-hybridized carbons (Fsp3) is 0.818. The molecule has 0 N–H and O–H groups in total. The minimum Gasteiger partial charge on any atom is -0.469 e. The Morgan fingerprint density at radius 1 is 1.11 bits per heavy atom. The van der Waals surface area contributed by atoms with Gasteiger partial charge in [0, 0.05) is 24.6 Å². The Labute approximate surface area is 169 Å². The smallest absolute Gasteiger partial charge is 0.330 e. The zero-order valence-corrected chi connectivity index (χ0v) is 18.1. The van der Waals surface area contributed by atoms with E-state index < -0.39 is 5.60 Å². The van der Waals surface area contributed by atoms with Gasteiger partial charge in [0.05, 0.1) is 14.2 Å². The molecular weight excluding hydrogens is 358 g/mol. The van der Waals surface area contributed by atoms with Crippen molar-refractivity contribution in [3.63, 3.8) is 0 Å². The number of piperidine rings is 1. The Balaban J connectivity index is 1.89. The van der Waals surface area contributed by atoms with Crippen molar-refractivity contribution in [2.24, 2.45) is 11.8 Å². The number of hydroxylamine groups is 2. The summed E-state index contributed by atoms with van der Waals surface area (Å²) in [5.74, 6) is 0.472. The van der Waals surface area contributed by atoms with Crippen molar-refractivity contribution in [3.8, 4) is 0 Å². The normalized spacial score (nSPS) is 28.8. The molecule has 0 aromatic carbocycles. The molecule has 2 rings (SSSR count). The summed E-state index contributed by atoms with van der Waals surface area (Å²) in [6.45, 7) is 5.60. The summed E-state index contributed by atoms with van der Waals surface area (Å²) in [6, 6.07) is 0.702. The number of hydrogen-bond donors (Lipinski definition) is 0. The maximum absolute atomic E-state index is 11.8. The lowest BCUT2D eigenvalue weighted by Crippen LogP contribution is -2.53. The Kier molecular flexibility index (Phi) is 8.50. The summed E-state index contributed by atoms with van der Waals surface area (Å²) >= 11 is 0. The Morgan fingerprint density at radius 3 is 2.50 bits per heavy atom. The molecule has 0 bridgehead atoms. The molecule has 0 aromatic heterocycles. The molecule has 0 radical (unpaired) electrons. The standard InChI is InChI=1S/C22H37NO5/c1-22(2,3)28-20(24)12-7-6-10-17-13-14-18-16(15-21(25)26-4)9-8-11-19(18)23(17)27-5/h7,12,16-19H,6,8-11,13-15H2,1-5H3/b12-7+. The van der Waals surface area contributed by atoms with Crippen molar-refractivity contribution >= 4 is 11.9 Å². The van der Waals surface area contributed by atoms with Gasteiger partial charge in [-0.1, -0.05) is 12.5 Å². The molecule has 0 aromatic rings. The highest BCUT2D eigenvalue weighted by atomic mass is 16.7. The van der Waals surface area contributed by atoms with Gasteiger partial charge in [-0.2, -0.15) is 5.06 Å². The van der Waals surface area contributed by atoms with Gasteiger partial charge in [-0.25, -0.2) is 4.79 Å². The van der Waals surface area contributed by atoms with E-state index in [9.17, 15) is 9.59 Å². The second-order valence-electron chi connectivity index (χ2n) is 8.99. The fourth-order valence-electron chi connectivity index (χ4n) is 4.77. The molecule has 1 heterocycles. The molecule has 1 aliphatic heterocycles. The topological polar surface area (TPSA) is 65.1 Å². The van der Waals surface area contributed by atoms with E-state index in [4.69, 9.17) is 14.3 Å². The van der Waals surface area contributed by atoms with Gasteiger partial charge < -0.3 is 14.3 Å². The van der Waals surface area contributed by atoms with Crippen molar-refractivity contribution < 1.29 is 23.9 Å². The van der Waals surface area contributed by atoms with Crippen molar-refractivity contribution in [3.05, 3.63) is 12.2 Å². The van der Waals surface area contributed by atoms with Gasteiger partial charge >= 0.3 is 11.9 Å². The maximum atomic E-state index is 11.8. The lowest BCUT2D eigenvalue weighted by atomic mass is 9.69. The molecular formula is C22H37NO5. The molecule has 0 spiro atoms. The zero-order valence-electron chi connectivity index (χ0n) is 18.1. The largest absolute Gasteiger partial charge is 0.469 e. The van der Waals surface area contributed by atoms with Crippen molar-refractivity contribution in [1.29, 1.82) is 0 Å². The minimum absolute atomic E-state index is 0.107. The van der Waals surface area contributed by atoms with Gasteiger partial charge in [0.2, 0.25) is 0 Å². The highest BCUT2D eigenvalue weighted by Gasteiger charge is 2.43. The molecule has 1 saturated heterocycles. The molecule has 160 valence electrons. The van der Waals surface area contributed by atoms with Gasteiger partial charge in [0.15, 0.2) is 0 Å². The number of nitrogens with zero attached hydrogens (tertiary/aromatic N) is 1. The van der Waals surface area contributed by atoms with Crippen LogP contribution >= 0.6 is 0 Å². The maximum Gasteiger partial charge on any atom is 0.330 e. The van der Waals surface area contributed by atoms with E-state index in [2.05, 4.69) is 5.06 Å². The Hall–Kier alpha value is -1.40. The number of carbonyl (C=O) groups excluding carboxylic acids is 2. The van der Waals surface area contributed by atoms with Crippen molar-refractivity contribution in [2.75, 3.05) is 14.2 Å². The average molecular weight is 396 g/mol. The van der Waals surface area contributed by atoms with Crippen molar-refractivity contribution in [2.45, 2.75) is 89.8 Å². The van der Waals surface area contributed by atoms with E-state index in [1.807, 2.05) is 26.8 Å². The van der Waals surface area contributed by atoms with E-state index in [-0.39, 0.29) is 11.9 Å². The third-order valence-electron chi connectivity index (χ3n) is 5.89. The van der Waals surface area contributed by atoms with Crippen LogP contribution in [0.25, 0.3) is 0 Å². The number of ether oxygens (including phenoxy) is 2. The molecule has 2 aliphatic rings. The molecule has 1 saturated carbocycles. The van der Waals surface area contributed by atoms with Crippen LogP contribution < -0.4 is 0 Å². The lowest BCUT2D eigenvalue weighted by molar-refractivity contribution is -0.232. The van der Waals surface area contributed by atoms with Crippen molar-refractivity contribution in [1.82, 2.24) is 5.06 Å². The molecule has 1 aliphatic carbocycles. The van der Waals surface area contributed by atoms with Gasteiger partial charge in [-0.15, -0.1) is 0 Å².